The van der Waals surface area contributed by atoms with Crippen molar-refractivity contribution in [2.75, 3.05) is 13.1 Å². The molecule has 7 heteroatoms. The Balaban J connectivity index is 1.70. The molecule has 5 nitrogen and oxygen atoms in total. The molecule has 2 fully saturated rings. The van der Waals surface area contributed by atoms with Crippen LogP contribution in [0.3, 0.4) is 0 Å². The highest BCUT2D eigenvalue weighted by Gasteiger charge is 2.48. The Morgan fingerprint density at radius 3 is 2.03 bits per heavy atom. The summed E-state index contributed by atoms with van der Waals surface area (Å²) in [6.45, 7) is 4.85. The summed E-state index contributed by atoms with van der Waals surface area (Å²) in [6, 6.07) is 4.00. The van der Waals surface area contributed by atoms with Gasteiger partial charge in [-0.3, -0.25) is 14.4 Å². The van der Waals surface area contributed by atoms with Crippen LogP contribution in [0.25, 0.3) is 0 Å². The van der Waals surface area contributed by atoms with Crippen LogP contribution < -0.4 is 0 Å². The van der Waals surface area contributed by atoms with Crippen LogP contribution in [0.15, 0.2) is 12.1 Å². The summed E-state index contributed by atoms with van der Waals surface area (Å²) < 4.78 is 29.0. The molecular weight excluding hydrogens is 392 g/mol. The Morgan fingerprint density at radius 2 is 1.57 bits per heavy atom. The van der Waals surface area contributed by atoms with Gasteiger partial charge in [-0.05, 0) is 62.6 Å². The van der Waals surface area contributed by atoms with Crippen LogP contribution in [0.2, 0.25) is 0 Å². The van der Waals surface area contributed by atoms with Crippen LogP contribution >= 0.6 is 0 Å². The monoisotopic (exact) mass is 421 g/mol. The van der Waals surface area contributed by atoms with Gasteiger partial charge in [-0.25, -0.2) is 0 Å². The Morgan fingerprint density at radius 1 is 1.07 bits per heavy atom. The van der Waals surface area contributed by atoms with Crippen LogP contribution in [0.4, 0.5) is 8.78 Å². The maximum absolute atomic E-state index is 13.1. The number of hydrogen-bond donors (Lipinski definition) is 0. The number of piperidine rings is 1. The molecule has 1 saturated heterocycles. The van der Waals surface area contributed by atoms with Gasteiger partial charge in [0.25, 0.3) is 5.91 Å². The maximum Gasteiger partial charge on any atom is 0.346 e. The number of carbonyl (C=O) groups is 3. The third-order valence-corrected chi connectivity index (χ3v) is 6.56. The summed E-state index contributed by atoms with van der Waals surface area (Å²) in [5.41, 5.74) is 3.41. The van der Waals surface area contributed by atoms with Crippen LogP contribution in [0.1, 0.15) is 60.8 Å². The molecular formula is C23H29F2NO4. The van der Waals surface area contributed by atoms with Crippen molar-refractivity contribution in [1.29, 1.82) is 0 Å². The van der Waals surface area contributed by atoms with E-state index in [9.17, 15) is 23.2 Å². The lowest BCUT2D eigenvalue weighted by atomic mass is 9.62. The van der Waals surface area contributed by atoms with E-state index in [4.69, 9.17) is 0 Å². The summed E-state index contributed by atoms with van der Waals surface area (Å²) in [6.07, 6.45) is 0.417. The van der Waals surface area contributed by atoms with Gasteiger partial charge in [0, 0.05) is 25.9 Å². The molecule has 1 spiro atoms. The van der Waals surface area contributed by atoms with Crippen molar-refractivity contribution in [2.24, 2.45) is 5.41 Å². The molecule has 1 aromatic carbocycles. The van der Waals surface area contributed by atoms with Gasteiger partial charge in [-0.15, -0.1) is 0 Å². The first-order valence-electron chi connectivity index (χ1n) is 10.4. The van der Waals surface area contributed by atoms with Crippen LogP contribution in [0.5, 0.6) is 0 Å². The molecule has 1 aliphatic carbocycles. The number of nitrogens with zero attached hydrogens (tertiary/aromatic N) is 1. The molecule has 0 radical (unpaired) electrons. The van der Waals surface area contributed by atoms with E-state index in [-0.39, 0.29) is 11.6 Å². The molecule has 0 aromatic heterocycles. The lowest BCUT2D eigenvalue weighted by molar-refractivity contribution is -0.180. The lowest BCUT2D eigenvalue weighted by Gasteiger charge is -2.45. The quantitative estimate of drug-likeness (QED) is 0.693. The SMILES string of the molecule is Cc1cc(C)c(C2C(=O)CC3(CCN(C(=O)C(C)OC(F)F)CC3)CC2=O)c(C)c1. The Hall–Kier alpha value is -2.15. The van der Waals surface area contributed by atoms with Crippen molar-refractivity contribution in [1.82, 2.24) is 4.90 Å². The van der Waals surface area contributed by atoms with Gasteiger partial charge in [0.15, 0.2) is 0 Å². The van der Waals surface area contributed by atoms with E-state index in [1.165, 1.54) is 11.8 Å². The fourth-order valence-corrected chi connectivity index (χ4v) is 5.18. The smallest absolute Gasteiger partial charge is 0.340 e. The number of ether oxygens (including phenoxy) is 1. The van der Waals surface area contributed by atoms with Crippen molar-refractivity contribution in [3.8, 4) is 0 Å². The molecule has 1 aromatic rings. The fourth-order valence-electron chi connectivity index (χ4n) is 5.18. The highest BCUT2D eigenvalue weighted by Crippen LogP contribution is 2.46. The van der Waals surface area contributed by atoms with Gasteiger partial charge in [0.2, 0.25) is 0 Å². The minimum Gasteiger partial charge on any atom is -0.340 e. The first kappa shape index (κ1) is 22.5. The van der Waals surface area contributed by atoms with E-state index >= 15 is 0 Å². The van der Waals surface area contributed by atoms with E-state index in [2.05, 4.69) is 4.74 Å². The molecule has 1 atom stereocenters. The molecule has 164 valence electrons. The fraction of sp³-hybridized carbons (Fsp3) is 0.609. The summed E-state index contributed by atoms with van der Waals surface area (Å²) in [4.78, 5) is 40.0. The van der Waals surface area contributed by atoms with Crippen LogP contribution in [-0.2, 0) is 19.1 Å². The minimum atomic E-state index is -3.00. The standard InChI is InChI=1S/C23H29F2NO4/c1-13-9-14(2)19(15(3)10-13)20-17(27)11-23(12-18(20)28)5-7-26(8-6-23)21(29)16(4)30-22(24)25/h9-10,16,20,22H,5-8,11-12H2,1-4H3. The van der Waals surface area contributed by atoms with E-state index in [1.54, 1.807) is 0 Å². The predicted octanol–water partition coefficient (Wildman–Crippen LogP) is 3.86. The van der Waals surface area contributed by atoms with E-state index in [1.807, 2.05) is 32.9 Å². The van der Waals surface area contributed by atoms with Crippen LogP contribution in [-0.4, -0.2) is 48.2 Å². The maximum atomic E-state index is 13.1. The summed E-state index contributed by atoms with van der Waals surface area (Å²) >= 11 is 0. The summed E-state index contributed by atoms with van der Waals surface area (Å²) in [7, 11) is 0. The second-order valence-corrected chi connectivity index (χ2v) is 8.90. The first-order valence-corrected chi connectivity index (χ1v) is 10.4. The van der Waals surface area contributed by atoms with E-state index in [0.29, 0.717) is 38.8 Å². The zero-order valence-electron chi connectivity index (χ0n) is 18.0. The lowest BCUT2D eigenvalue weighted by Crippen LogP contribution is -2.50. The number of likely N-dealkylation sites (tertiary alicyclic amines) is 1. The van der Waals surface area contributed by atoms with Gasteiger partial charge >= 0.3 is 6.61 Å². The Labute approximate surface area is 175 Å². The van der Waals surface area contributed by atoms with Gasteiger partial charge in [0.05, 0.1) is 0 Å². The van der Waals surface area contributed by atoms with E-state index in [0.717, 1.165) is 22.3 Å². The second kappa shape index (κ2) is 8.53. The topological polar surface area (TPSA) is 63.7 Å². The van der Waals surface area contributed by atoms with Gasteiger partial charge in [-0.1, -0.05) is 17.7 Å². The zero-order valence-corrected chi connectivity index (χ0v) is 18.0. The zero-order chi connectivity index (χ0) is 22.2. The second-order valence-electron chi connectivity index (χ2n) is 8.90. The van der Waals surface area contributed by atoms with E-state index < -0.39 is 30.0 Å². The number of halogens is 2. The van der Waals surface area contributed by atoms with Crippen molar-refractivity contribution >= 4 is 17.5 Å². The number of Topliss-reactive ketones (excluding diaryl/α,β-unsaturated/α-hetero) is 2. The van der Waals surface area contributed by atoms with Crippen molar-refractivity contribution in [3.05, 3.63) is 34.4 Å². The molecule has 0 bridgehead atoms. The van der Waals surface area contributed by atoms with Crippen molar-refractivity contribution < 1.29 is 27.9 Å². The first-order chi connectivity index (χ1) is 14.0. The Bertz CT molecular complexity index is 816. The summed E-state index contributed by atoms with van der Waals surface area (Å²) in [5.74, 6) is -1.32. The molecule has 1 heterocycles. The number of carbonyl (C=O) groups excluding carboxylic acids is 3. The predicted molar refractivity (Wildman–Crippen MR) is 107 cm³/mol. The highest BCUT2D eigenvalue weighted by atomic mass is 19.3. The minimum absolute atomic E-state index is 0.0597. The number of alkyl halides is 2. The molecule has 1 unspecified atom stereocenters. The number of ketones is 2. The number of benzene rings is 1. The average Bonchev–Trinajstić information content (AvgIpc) is 2.62. The largest absolute Gasteiger partial charge is 0.346 e. The number of rotatable bonds is 4. The molecule has 2 aliphatic rings. The third-order valence-electron chi connectivity index (χ3n) is 6.56. The molecule has 0 N–H and O–H groups in total. The van der Waals surface area contributed by atoms with Crippen LogP contribution in [0, 0.1) is 26.2 Å². The number of amides is 1. The van der Waals surface area contributed by atoms with Gasteiger partial charge in [0.1, 0.15) is 23.6 Å². The third kappa shape index (κ3) is 4.46. The normalized spacial score (nSPS) is 20.8. The van der Waals surface area contributed by atoms with Gasteiger partial charge < -0.3 is 9.64 Å². The summed E-state index contributed by atoms with van der Waals surface area (Å²) in [5, 5.41) is 0. The highest BCUT2D eigenvalue weighted by molar-refractivity contribution is 6.10. The average molecular weight is 421 g/mol. The van der Waals surface area contributed by atoms with Crippen molar-refractivity contribution in [3.63, 3.8) is 0 Å². The molecule has 1 saturated carbocycles. The molecule has 1 amide bonds. The number of aryl methyl sites for hydroxylation is 3. The molecule has 1 aliphatic heterocycles. The number of hydrogen-bond acceptors (Lipinski definition) is 4. The van der Waals surface area contributed by atoms with Crippen molar-refractivity contribution in [2.45, 2.75) is 72.0 Å². The molecule has 30 heavy (non-hydrogen) atoms. The van der Waals surface area contributed by atoms with Gasteiger partial charge in [-0.2, -0.15) is 8.78 Å². The Kier molecular flexibility index (Phi) is 6.41. The molecule has 3 rings (SSSR count).